The Bertz CT molecular complexity index is 914. The molecule has 3 aliphatic rings. The van der Waals surface area contributed by atoms with Gasteiger partial charge in [0.25, 0.3) is 5.91 Å². The molecule has 3 heterocycles. The lowest BCUT2D eigenvalue weighted by Crippen LogP contribution is -2.34. The van der Waals surface area contributed by atoms with E-state index in [1.807, 2.05) is 23.1 Å². The molecule has 0 aliphatic carbocycles. The Balaban J connectivity index is 1.26. The Morgan fingerprint density at radius 1 is 0.931 bits per heavy atom. The van der Waals surface area contributed by atoms with Gasteiger partial charge in [0, 0.05) is 19.0 Å². The average molecular weight is 397 g/mol. The van der Waals surface area contributed by atoms with Crippen LogP contribution in [-0.2, 0) is 4.79 Å². The van der Waals surface area contributed by atoms with Crippen LogP contribution in [0.3, 0.4) is 0 Å². The first kappa shape index (κ1) is 18.0. The number of nitrogens with zero attached hydrogens (tertiary/aromatic N) is 1. The lowest BCUT2D eigenvalue weighted by atomic mass is 10.0. The first-order valence-electron chi connectivity index (χ1n) is 9.99. The van der Waals surface area contributed by atoms with Gasteiger partial charge in [-0.05, 0) is 42.7 Å². The van der Waals surface area contributed by atoms with Gasteiger partial charge in [0.15, 0.2) is 29.6 Å². The summed E-state index contributed by atoms with van der Waals surface area (Å²) in [6.07, 6.45) is 2.76. The van der Waals surface area contributed by atoms with Crippen molar-refractivity contribution in [1.29, 1.82) is 0 Å². The maximum Gasteiger partial charge on any atom is 0.261 e. The molecule has 7 heteroatoms. The second kappa shape index (κ2) is 7.73. The first-order chi connectivity index (χ1) is 14.3. The number of ether oxygens (including phenoxy) is 5. The van der Waals surface area contributed by atoms with E-state index in [-0.39, 0.29) is 25.3 Å². The summed E-state index contributed by atoms with van der Waals surface area (Å²) in [6, 6.07) is 11.3. The van der Waals surface area contributed by atoms with Gasteiger partial charge in [0.1, 0.15) is 5.75 Å². The maximum atomic E-state index is 12.9. The molecule has 0 radical (unpaired) electrons. The molecule has 1 fully saturated rings. The summed E-state index contributed by atoms with van der Waals surface area (Å²) >= 11 is 0. The van der Waals surface area contributed by atoms with Gasteiger partial charge in [-0.1, -0.05) is 6.07 Å². The molecule has 0 aromatic heterocycles. The highest BCUT2D eigenvalue weighted by atomic mass is 16.7. The Hall–Kier alpha value is -3.09. The predicted octanol–water partition coefficient (Wildman–Crippen LogP) is 3.32. The van der Waals surface area contributed by atoms with Gasteiger partial charge in [-0.3, -0.25) is 4.79 Å². The molecule has 0 saturated carbocycles. The molecule has 0 unspecified atom stereocenters. The third kappa shape index (κ3) is 3.64. The van der Waals surface area contributed by atoms with E-state index in [4.69, 9.17) is 23.7 Å². The van der Waals surface area contributed by atoms with Gasteiger partial charge in [0.2, 0.25) is 6.79 Å². The zero-order chi connectivity index (χ0) is 19.6. The lowest BCUT2D eigenvalue weighted by Gasteiger charge is -2.25. The van der Waals surface area contributed by atoms with E-state index in [1.165, 1.54) is 0 Å². The molecular weight excluding hydrogens is 374 g/mol. The SMILES string of the molecule is O=C(COc1ccc2c(c1)OCO2)N1CCC[C@H]1c1ccc2c(c1)OCCCO2. The molecule has 29 heavy (non-hydrogen) atoms. The first-order valence-corrected chi connectivity index (χ1v) is 9.99. The number of likely N-dealkylation sites (tertiary alicyclic amines) is 1. The number of amides is 1. The summed E-state index contributed by atoms with van der Waals surface area (Å²) in [6.45, 7) is 2.23. The van der Waals surface area contributed by atoms with Gasteiger partial charge in [-0.25, -0.2) is 0 Å². The van der Waals surface area contributed by atoms with E-state index >= 15 is 0 Å². The third-order valence-electron chi connectivity index (χ3n) is 5.44. The van der Waals surface area contributed by atoms with Crippen LogP contribution in [0.25, 0.3) is 0 Å². The van der Waals surface area contributed by atoms with Crippen molar-refractivity contribution in [1.82, 2.24) is 4.90 Å². The van der Waals surface area contributed by atoms with E-state index in [9.17, 15) is 4.79 Å². The van der Waals surface area contributed by atoms with Gasteiger partial charge in [-0.15, -0.1) is 0 Å². The standard InChI is InChI=1S/C22H23NO6/c24-22(13-27-16-5-7-19-21(12-16)29-14-28-19)23-8-1-3-17(23)15-4-6-18-20(11-15)26-10-2-9-25-18/h4-7,11-12,17H,1-3,8-10,13-14H2/t17-/m0/s1. The molecule has 0 bridgehead atoms. The molecule has 2 aromatic rings. The fourth-order valence-electron chi connectivity index (χ4n) is 3.99. The van der Waals surface area contributed by atoms with Crippen LogP contribution in [0.15, 0.2) is 36.4 Å². The van der Waals surface area contributed by atoms with Crippen LogP contribution < -0.4 is 23.7 Å². The lowest BCUT2D eigenvalue weighted by molar-refractivity contribution is -0.134. The number of fused-ring (bicyclic) bond motifs is 2. The molecule has 152 valence electrons. The van der Waals surface area contributed by atoms with Crippen LogP contribution in [0.2, 0.25) is 0 Å². The topological polar surface area (TPSA) is 66.5 Å². The van der Waals surface area contributed by atoms with Gasteiger partial charge in [-0.2, -0.15) is 0 Å². The fourth-order valence-corrected chi connectivity index (χ4v) is 3.99. The number of carbonyl (C=O) groups excluding carboxylic acids is 1. The van der Waals surface area contributed by atoms with E-state index < -0.39 is 0 Å². The predicted molar refractivity (Wildman–Crippen MR) is 104 cm³/mol. The Morgan fingerprint density at radius 3 is 2.62 bits per heavy atom. The molecule has 0 spiro atoms. The molecule has 7 nitrogen and oxygen atoms in total. The molecule has 0 N–H and O–H groups in total. The van der Waals surface area contributed by atoms with Crippen molar-refractivity contribution in [2.45, 2.75) is 25.3 Å². The summed E-state index contributed by atoms with van der Waals surface area (Å²) in [4.78, 5) is 14.8. The molecule has 1 amide bonds. The highest BCUT2D eigenvalue weighted by Gasteiger charge is 2.31. The highest BCUT2D eigenvalue weighted by Crippen LogP contribution is 2.38. The van der Waals surface area contributed by atoms with Crippen molar-refractivity contribution in [3.05, 3.63) is 42.0 Å². The van der Waals surface area contributed by atoms with Crippen molar-refractivity contribution in [2.24, 2.45) is 0 Å². The van der Waals surface area contributed by atoms with Crippen molar-refractivity contribution < 1.29 is 28.5 Å². The Kier molecular flexibility index (Phi) is 4.79. The zero-order valence-electron chi connectivity index (χ0n) is 16.1. The van der Waals surface area contributed by atoms with Crippen LogP contribution in [0.4, 0.5) is 0 Å². The summed E-state index contributed by atoms with van der Waals surface area (Å²) in [5, 5.41) is 0. The minimum atomic E-state index is -0.0303. The van der Waals surface area contributed by atoms with Crippen LogP contribution in [-0.4, -0.2) is 44.0 Å². The Morgan fingerprint density at radius 2 is 1.69 bits per heavy atom. The minimum absolute atomic E-state index is 0.0132. The molecule has 1 saturated heterocycles. The van der Waals surface area contributed by atoms with E-state index in [2.05, 4.69) is 0 Å². The molecule has 2 aromatic carbocycles. The molecule has 3 aliphatic heterocycles. The summed E-state index contributed by atoms with van der Waals surface area (Å²) in [5.74, 6) is 3.43. The van der Waals surface area contributed by atoms with E-state index in [1.54, 1.807) is 18.2 Å². The van der Waals surface area contributed by atoms with Crippen molar-refractivity contribution in [2.75, 3.05) is 33.2 Å². The number of rotatable bonds is 4. The van der Waals surface area contributed by atoms with Crippen LogP contribution in [0, 0.1) is 0 Å². The average Bonchev–Trinajstić information content (AvgIpc) is 3.36. The fraction of sp³-hybridized carbons (Fsp3) is 0.409. The van der Waals surface area contributed by atoms with Crippen molar-refractivity contribution in [3.8, 4) is 28.7 Å². The Labute approximate surface area is 169 Å². The normalized spacial score (nSPS) is 19.7. The summed E-state index contributed by atoms with van der Waals surface area (Å²) < 4.78 is 27.9. The molecular formula is C22H23NO6. The smallest absolute Gasteiger partial charge is 0.261 e. The van der Waals surface area contributed by atoms with Crippen LogP contribution >= 0.6 is 0 Å². The largest absolute Gasteiger partial charge is 0.490 e. The number of hydrogen-bond acceptors (Lipinski definition) is 6. The third-order valence-corrected chi connectivity index (χ3v) is 5.44. The number of hydrogen-bond donors (Lipinski definition) is 0. The summed E-state index contributed by atoms with van der Waals surface area (Å²) in [7, 11) is 0. The van der Waals surface area contributed by atoms with E-state index in [0.717, 1.165) is 42.9 Å². The zero-order valence-corrected chi connectivity index (χ0v) is 16.1. The highest BCUT2D eigenvalue weighted by molar-refractivity contribution is 5.78. The molecule has 5 rings (SSSR count). The second-order valence-corrected chi connectivity index (χ2v) is 7.31. The molecule has 1 atom stereocenters. The van der Waals surface area contributed by atoms with Gasteiger partial charge < -0.3 is 28.6 Å². The van der Waals surface area contributed by atoms with Crippen LogP contribution in [0.1, 0.15) is 30.9 Å². The van der Waals surface area contributed by atoms with Crippen molar-refractivity contribution in [3.63, 3.8) is 0 Å². The van der Waals surface area contributed by atoms with Gasteiger partial charge in [0.05, 0.1) is 19.3 Å². The number of carbonyl (C=O) groups is 1. The minimum Gasteiger partial charge on any atom is -0.490 e. The maximum absolute atomic E-state index is 12.9. The van der Waals surface area contributed by atoms with Crippen LogP contribution in [0.5, 0.6) is 28.7 Å². The van der Waals surface area contributed by atoms with E-state index in [0.29, 0.717) is 30.5 Å². The quantitative estimate of drug-likeness (QED) is 0.789. The summed E-state index contributed by atoms with van der Waals surface area (Å²) in [5.41, 5.74) is 1.07. The number of benzene rings is 2. The van der Waals surface area contributed by atoms with Gasteiger partial charge >= 0.3 is 0 Å². The van der Waals surface area contributed by atoms with Crippen molar-refractivity contribution >= 4 is 5.91 Å². The second-order valence-electron chi connectivity index (χ2n) is 7.31. The monoisotopic (exact) mass is 397 g/mol.